The maximum absolute atomic E-state index is 12.2. The van der Waals surface area contributed by atoms with E-state index in [1.165, 1.54) is 11.2 Å². The van der Waals surface area contributed by atoms with E-state index in [1.54, 1.807) is 41.6 Å². The van der Waals surface area contributed by atoms with E-state index in [2.05, 4.69) is 10.3 Å². The van der Waals surface area contributed by atoms with Crippen LogP contribution in [-0.2, 0) is 16.1 Å². The second kappa shape index (κ2) is 7.61. The topological polar surface area (TPSA) is 95.8 Å². The highest BCUT2D eigenvalue weighted by Gasteiger charge is 2.28. The van der Waals surface area contributed by atoms with Gasteiger partial charge >= 0.3 is 11.8 Å². The van der Waals surface area contributed by atoms with Crippen LogP contribution in [0.1, 0.15) is 16.1 Å². The molecule has 0 aliphatic carbocycles. The molecule has 1 aliphatic heterocycles. The normalized spacial score (nSPS) is 14.2. The van der Waals surface area contributed by atoms with Crippen LogP contribution in [0.2, 0.25) is 0 Å². The summed E-state index contributed by atoms with van der Waals surface area (Å²) in [6.07, 6.45) is 4.69. The summed E-state index contributed by atoms with van der Waals surface area (Å²) in [4.78, 5) is 43.3. The summed E-state index contributed by atoms with van der Waals surface area (Å²) < 4.78 is 5.09. The molecule has 2 aromatic heterocycles. The molecule has 1 aliphatic rings. The number of pyridine rings is 1. The summed E-state index contributed by atoms with van der Waals surface area (Å²) in [6, 6.07) is 6.79. The Labute approximate surface area is 144 Å². The van der Waals surface area contributed by atoms with Gasteiger partial charge in [0.15, 0.2) is 5.76 Å². The van der Waals surface area contributed by atoms with E-state index in [4.69, 9.17) is 4.42 Å². The summed E-state index contributed by atoms with van der Waals surface area (Å²) in [5.74, 6) is -1.17. The first-order valence-corrected chi connectivity index (χ1v) is 7.94. The lowest BCUT2D eigenvalue weighted by Crippen LogP contribution is -2.53. The standard InChI is InChI=1S/C17H18N4O4/c22-15(19-12-13-3-5-18-6-4-13)17(24)21-9-7-20(8-10-21)16(23)14-2-1-11-25-14/h1-6,11H,7-10,12H2,(H,19,22). The lowest BCUT2D eigenvalue weighted by Gasteiger charge is -2.33. The smallest absolute Gasteiger partial charge is 0.312 e. The Morgan fingerprint density at radius 3 is 2.36 bits per heavy atom. The summed E-state index contributed by atoms with van der Waals surface area (Å²) in [5.41, 5.74) is 0.866. The number of carbonyl (C=O) groups excluding carboxylic acids is 3. The maximum Gasteiger partial charge on any atom is 0.312 e. The van der Waals surface area contributed by atoms with Crippen molar-refractivity contribution in [1.29, 1.82) is 0 Å². The first-order valence-electron chi connectivity index (χ1n) is 7.94. The van der Waals surface area contributed by atoms with Gasteiger partial charge in [0.1, 0.15) is 0 Å². The number of furan rings is 1. The molecule has 130 valence electrons. The SMILES string of the molecule is O=C(NCc1ccncc1)C(=O)N1CCN(C(=O)c2ccco2)CC1. The zero-order valence-corrected chi connectivity index (χ0v) is 13.6. The first-order chi connectivity index (χ1) is 12.1. The summed E-state index contributed by atoms with van der Waals surface area (Å²) >= 11 is 0. The third-order valence-corrected chi connectivity index (χ3v) is 3.98. The predicted octanol–water partition coefficient (Wildman–Crippen LogP) is 0.275. The van der Waals surface area contributed by atoms with Gasteiger partial charge in [-0.3, -0.25) is 19.4 Å². The molecule has 0 spiro atoms. The Morgan fingerprint density at radius 1 is 1.04 bits per heavy atom. The molecule has 25 heavy (non-hydrogen) atoms. The van der Waals surface area contributed by atoms with Crippen molar-refractivity contribution in [2.75, 3.05) is 26.2 Å². The highest BCUT2D eigenvalue weighted by Crippen LogP contribution is 2.09. The maximum atomic E-state index is 12.2. The minimum absolute atomic E-state index is 0.209. The number of carbonyl (C=O) groups is 3. The van der Waals surface area contributed by atoms with E-state index in [1.807, 2.05) is 0 Å². The molecule has 0 unspecified atom stereocenters. The van der Waals surface area contributed by atoms with Crippen molar-refractivity contribution < 1.29 is 18.8 Å². The van der Waals surface area contributed by atoms with Gasteiger partial charge in [-0.25, -0.2) is 0 Å². The van der Waals surface area contributed by atoms with Crippen molar-refractivity contribution in [3.8, 4) is 0 Å². The van der Waals surface area contributed by atoms with Gasteiger partial charge in [-0.2, -0.15) is 0 Å². The minimum Gasteiger partial charge on any atom is -0.459 e. The zero-order chi connectivity index (χ0) is 17.6. The molecular formula is C17H18N4O4. The minimum atomic E-state index is -0.650. The fourth-order valence-corrected chi connectivity index (χ4v) is 2.57. The molecule has 0 aromatic carbocycles. The van der Waals surface area contributed by atoms with Crippen LogP contribution in [0.4, 0.5) is 0 Å². The Kier molecular flexibility index (Phi) is 5.08. The summed E-state index contributed by atoms with van der Waals surface area (Å²) in [7, 11) is 0. The van der Waals surface area contributed by atoms with Crippen molar-refractivity contribution >= 4 is 17.7 Å². The van der Waals surface area contributed by atoms with Crippen LogP contribution >= 0.6 is 0 Å². The van der Waals surface area contributed by atoms with Crippen molar-refractivity contribution in [1.82, 2.24) is 20.1 Å². The Bertz CT molecular complexity index is 737. The van der Waals surface area contributed by atoms with Crippen LogP contribution in [0.3, 0.4) is 0 Å². The van der Waals surface area contributed by atoms with Gasteiger partial charge in [-0.1, -0.05) is 0 Å². The Balaban J connectivity index is 1.48. The quantitative estimate of drug-likeness (QED) is 0.808. The van der Waals surface area contributed by atoms with E-state index >= 15 is 0 Å². The number of hydrogen-bond donors (Lipinski definition) is 1. The van der Waals surface area contributed by atoms with Crippen molar-refractivity contribution in [3.05, 3.63) is 54.2 Å². The molecule has 8 heteroatoms. The molecule has 0 saturated carbocycles. The average molecular weight is 342 g/mol. The molecule has 3 heterocycles. The largest absolute Gasteiger partial charge is 0.459 e. The van der Waals surface area contributed by atoms with Gasteiger partial charge in [0.2, 0.25) is 0 Å². The average Bonchev–Trinajstić information content (AvgIpc) is 3.20. The van der Waals surface area contributed by atoms with Crippen LogP contribution in [-0.4, -0.2) is 58.7 Å². The van der Waals surface area contributed by atoms with Crippen molar-refractivity contribution in [3.63, 3.8) is 0 Å². The van der Waals surface area contributed by atoms with Gasteiger partial charge in [0.25, 0.3) is 5.91 Å². The number of nitrogens with zero attached hydrogens (tertiary/aromatic N) is 3. The van der Waals surface area contributed by atoms with E-state index in [0.717, 1.165) is 5.56 Å². The fraction of sp³-hybridized carbons (Fsp3) is 0.294. The molecular weight excluding hydrogens is 324 g/mol. The molecule has 3 rings (SSSR count). The van der Waals surface area contributed by atoms with Gasteiger partial charge in [-0.15, -0.1) is 0 Å². The number of nitrogens with one attached hydrogen (secondary N) is 1. The van der Waals surface area contributed by atoms with Crippen LogP contribution in [0.5, 0.6) is 0 Å². The monoisotopic (exact) mass is 342 g/mol. The predicted molar refractivity (Wildman–Crippen MR) is 87.3 cm³/mol. The van der Waals surface area contributed by atoms with Crippen LogP contribution in [0, 0.1) is 0 Å². The molecule has 3 amide bonds. The van der Waals surface area contributed by atoms with Gasteiger partial charge in [-0.05, 0) is 29.8 Å². The molecule has 1 fully saturated rings. The Hall–Kier alpha value is -3.16. The molecule has 0 bridgehead atoms. The second-order valence-corrected chi connectivity index (χ2v) is 5.60. The fourth-order valence-electron chi connectivity index (χ4n) is 2.57. The molecule has 8 nitrogen and oxygen atoms in total. The van der Waals surface area contributed by atoms with Gasteiger partial charge in [0.05, 0.1) is 6.26 Å². The molecule has 0 atom stereocenters. The van der Waals surface area contributed by atoms with Crippen molar-refractivity contribution in [2.24, 2.45) is 0 Å². The van der Waals surface area contributed by atoms with E-state index in [0.29, 0.717) is 26.2 Å². The number of rotatable bonds is 3. The first kappa shape index (κ1) is 16.7. The van der Waals surface area contributed by atoms with Crippen LogP contribution in [0.15, 0.2) is 47.3 Å². The highest BCUT2D eigenvalue weighted by atomic mass is 16.3. The number of hydrogen-bond acceptors (Lipinski definition) is 5. The molecule has 1 N–H and O–H groups in total. The number of piperazine rings is 1. The second-order valence-electron chi connectivity index (χ2n) is 5.60. The Morgan fingerprint density at radius 2 is 1.72 bits per heavy atom. The number of amides is 3. The lowest BCUT2D eigenvalue weighted by atomic mass is 10.2. The zero-order valence-electron chi connectivity index (χ0n) is 13.6. The van der Waals surface area contributed by atoms with E-state index in [-0.39, 0.29) is 18.2 Å². The summed E-state index contributed by atoms with van der Waals surface area (Å²) in [5, 5.41) is 2.60. The van der Waals surface area contributed by atoms with Crippen LogP contribution < -0.4 is 5.32 Å². The highest BCUT2D eigenvalue weighted by molar-refractivity contribution is 6.35. The lowest BCUT2D eigenvalue weighted by molar-refractivity contribution is -0.146. The third-order valence-electron chi connectivity index (χ3n) is 3.98. The van der Waals surface area contributed by atoms with Gasteiger partial charge in [0, 0.05) is 45.1 Å². The molecule has 0 radical (unpaired) electrons. The third kappa shape index (κ3) is 4.03. The van der Waals surface area contributed by atoms with E-state index < -0.39 is 11.8 Å². The van der Waals surface area contributed by atoms with Crippen LogP contribution in [0.25, 0.3) is 0 Å². The van der Waals surface area contributed by atoms with E-state index in [9.17, 15) is 14.4 Å². The molecule has 1 saturated heterocycles. The van der Waals surface area contributed by atoms with Crippen molar-refractivity contribution in [2.45, 2.75) is 6.54 Å². The summed E-state index contributed by atoms with van der Waals surface area (Å²) in [6.45, 7) is 1.62. The molecule has 2 aromatic rings. The van der Waals surface area contributed by atoms with Gasteiger partial charge < -0.3 is 19.5 Å². The number of aromatic nitrogens is 1.